The molecular weight excluding hydrogens is 312 g/mol. The molecule has 1 aromatic rings. The molecule has 7 heteroatoms. The molecule has 1 N–H and O–H groups in total. The van der Waals surface area contributed by atoms with Crippen LogP contribution in [0.4, 0.5) is 4.79 Å². The normalized spacial score (nSPS) is 12.6. The van der Waals surface area contributed by atoms with Crippen LogP contribution in [0, 0.1) is 6.92 Å². The average molecular weight is 340 g/mol. The molecule has 136 valence electrons. The number of nitrogens with one attached hydrogen (secondary N) is 1. The van der Waals surface area contributed by atoms with E-state index in [0.29, 0.717) is 30.2 Å². The fourth-order valence-electron chi connectivity index (χ4n) is 2.00. The molecule has 1 aromatic heterocycles. The van der Waals surface area contributed by atoms with Crippen molar-refractivity contribution in [3.05, 3.63) is 23.2 Å². The molecule has 7 nitrogen and oxygen atoms in total. The third-order valence-corrected chi connectivity index (χ3v) is 3.46. The number of ether oxygens (including phenoxy) is 2. The summed E-state index contributed by atoms with van der Waals surface area (Å²) < 4.78 is 15.6. The van der Waals surface area contributed by atoms with Gasteiger partial charge in [0.2, 0.25) is 0 Å². The number of nitrogens with zero attached hydrogens (tertiary/aromatic N) is 1. The Kier molecular flexibility index (Phi) is 6.83. The van der Waals surface area contributed by atoms with Gasteiger partial charge in [-0.15, -0.1) is 0 Å². The number of hydrogen-bond acceptors (Lipinski definition) is 6. The number of hydrogen-bond donors (Lipinski definition) is 1. The first-order valence-electron chi connectivity index (χ1n) is 7.89. The highest BCUT2D eigenvalue weighted by Gasteiger charge is 2.23. The first-order chi connectivity index (χ1) is 11.0. The molecule has 1 atom stereocenters. The van der Waals surface area contributed by atoms with Gasteiger partial charge in [-0.1, -0.05) is 0 Å². The number of methoxy groups -OCH3 is 1. The van der Waals surface area contributed by atoms with Gasteiger partial charge in [0.25, 0.3) is 0 Å². The van der Waals surface area contributed by atoms with Gasteiger partial charge in [0.05, 0.1) is 13.7 Å². The van der Waals surface area contributed by atoms with Crippen LogP contribution in [0.3, 0.4) is 0 Å². The second-order valence-electron chi connectivity index (χ2n) is 6.75. The highest BCUT2D eigenvalue weighted by Crippen LogP contribution is 2.15. The van der Waals surface area contributed by atoms with Crippen LogP contribution in [0.5, 0.6) is 0 Å². The average Bonchev–Trinajstić information content (AvgIpc) is 2.84. The Morgan fingerprint density at radius 1 is 1.38 bits per heavy atom. The van der Waals surface area contributed by atoms with E-state index in [0.717, 1.165) is 0 Å². The summed E-state index contributed by atoms with van der Waals surface area (Å²) in [7, 11) is 3.04. The van der Waals surface area contributed by atoms with Crippen LogP contribution in [0.25, 0.3) is 0 Å². The summed E-state index contributed by atoms with van der Waals surface area (Å²) in [6, 6.07) is 1.60. The van der Waals surface area contributed by atoms with Gasteiger partial charge in [-0.25, -0.2) is 9.59 Å². The molecule has 0 radical (unpaired) electrons. The smallest absolute Gasteiger partial charge is 0.410 e. The van der Waals surface area contributed by atoms with Gasteiger partial charge >= 0.3 is 12.1 Å². The summed E-state index contributed by atoms with van der Waals surface area (Å²) in [5.41, 5.74) is -0.0951. The first-order valence-corrected chi connectivity index (χ1v) is 7.89. The molecule has 1 unspecified atom stereocenters. The highest BCUT2D eigenvalue weighted by atomic mass is 16.6. The minimum absolute atomic E-state index is 0.0593. The lowest BCUT2D eigenvalue weighted by Crippen LogP contribution is -2.43. The Morgan fingerprint density at radius 2 is 2.00 bits per heavy atom. The largest absolute Gasteiger partial charge is 0.465 e. The molecule has 1 rings (SSSR count). The van der Waals surface area contributed by atoms with E-state index in [1.807, 2.05) is 27.7 Å². The number of carbonyl (C=O) groups is 2. The van der Waals surface area contributed by atoms with Gasteiger partial charge in [0, 0.05) is 19.6 Å². The number of amides is 1. The summed E-state index contributed by atoms with van der Waals surface area (Å²) in [5, 5.41) is 3.20. The number of aryl methyl sites for hydroxylation is 1. The van der Waals surface area contributed by atoms with Crippen molar-refractivity contribution >= 4 is 12.1 Å². The molecule has 0 saturated heterocycles. The zero-order valence-electron chi connectivity index (χ0n) is 15.6. The molecule has 0 saturated carbocycles. The van der Waals surface area contributed by atoms with Crippen LogP contribution in [0.15, 0.2) is 10.5 Å². The van der Waals surface area contributed by atoms with Gasteiger partial charge in [0.15, 0.2) is 0 Å². The van der Waals surface area contributed by atoms with Crippen molar-refractivity contribution in [2.45, 2.75) is 52.8 Å². The number of esters is 1. The van der Waals surface area contributed by atoms with E-state index in [1.165, 1.54) is 7.11 Å². The lowest BCUT2D eigenvalue weighted by atomic mass is 10.2. The molecule has 1 amide bonds. The monoisotopic (exact) mass is 340 g/mol. The van der Waals surface area contributed by atoms with E-state index in [4.69, 9.17) is 13.9 Å². The predicted molar refractivity (Wildman–Crippen MR) is 90.0 cm³/mol. The van der Waals surface area contributed by atoms with Crippen molar-refractivity contribution in [2.75, 3.05) is 20.7 Å². The standard InChI is InChI=1S/C17H28N2O5/c1-11(19(6)16(21)24-17(3,4)5)9-18-10-13-8-14(12(2)23-13)15(20)22-7/h8,11,18H,9-10H2,1-7H3. The maximum absolute atomic E-state index is 12.0. The third kappa shape index (κ3) is 5.88. The summed E-state index contributed by atoms with van der Waals surface area (Å²) in [6.45, 7) is 10.1. The van der Waals surface area contributed by atoms with E-state index in [1.54, 1.807) is 24.9 Å². The van der Waals surface area contributed by atoms with Gasteiger partial charge < -0.3 is 24.1 Å². The van der Waals surface area contributed by atoms with E-state index >= 15 is 0 Å². The van der Waals surface area contributed by atoms with E-state index in [-0.39, 0.29) is 12.1 Å². The molecule has 0 aliphatic heterocycles. The molecule has 0 fully saturated rings. The molecule has 0 spiro atoms. The van der Waals surface area contributed by atoms with Gasteiger partial charge in [0.1, 0.15) is 22.7 Å². The van der Waals surface area contributed by atoms with Crippen LogP contribution < -0.4 is 5.32 Å². The second-order valence-corrected chi connectivity index (χ2v) is 6.75. The number of likely N-dealkylation sites (N-methyl/N-ethyl adjacent to an activating group) is 1. The maximum Gasteiger partial charge on any atom is 0.410 e. The molecule has 1 heterocycles. The molecular formula is C17H28N2O5. The summed E-state index contributed by atoms with van der Waals surface area (Å²) >= 11 is 0. The Hall–Kier alpha value is -2.02. The number of furan rings is 1. The minimum Gasteiger partial charge on any atom is -0.465 e. The van der Waals surface area contributed by atoms with Gasteiger partial charge in [-0.05, 0) is 40.7 Å². The predicted octanol–water partition coefficient (Wildman–Crippen LogP) is 2.72. The van der Waals surface area contributed by atoms with Crippen LogP contribution in [0.1, 0.15) is 49.6 Å². The van der Waals surface area contributed by atoms with Crippen molar-refractivity contribution in [3.8, 4) is 0 Å². The Bertz CT molecular complexity index is 574. The fraction of sp³-hybridized carbons (Fsp3) is 0.647. The zero-order valence-corrected chi connectivity index (χ0v) is 15.6. The SMILES string of the molecule is COC(=O)c1cc(CNCC(C)N(C)C(=O)OC(C)(C)C)oc1C. The fourth-order valence-corrected chi connectivity index (χ4v) is 2.00. The quantitative estimate of drug-likeness (QED) is 0.802. The lowest BCUT2D eigenvalue weighted by Gasteiger charge is -2.28. The molecule has 24 heavy (non-hydrogen) atoms. The van der Waals surface area contributed by atoms with Crippen LogP contribution in [0.2, 0.25) is 0 Å². The molecule has 0 aliphatic rings. The summed E-state index contributed by atoms with van der Waals surface area (Å²) in [4.78, 5) is 25.1. The number of carbonyl (C=O) groups excluding carboxylic acids is 2. The van der Waals surface area contributed by atoms with Crippen molar-refractivity contribution in [1.29, 1.82) is 0 Å². The molecule has 0 aromatic carbocycles. The van der Waals surface area contributed by atoms with Gasteiger partial charge in [-0.3, -0.25) is 0 Å². The van der Waals surface area contributed by atoms with Crippen LogP contribution in [-0.2, 0) is 16.0 Å². The first kappa shape index (κ1) is 20.0. The Morgan fingerprint density at radius 3 is 2.54 bits per heavy atom. The van der Waals surface area contributed by atoms with Crippen LogP contribution in [-0.4, -0.2) is 49.3 Å². The minimum atomic E-state index is -0.519. The van der Waals surface area contributed by atoms with Gasteiger partial charge in [-0.2, -0.15) is 0 Å². The zero-order chi connectivity index (χ0) is 18.5. The summed E-state index contributed by atoms with van der Waals surface area (Å²) in [5.74, 6) is 0.748. The summed E-state index contributed by atoms with van der Waals surface area (Å²) in [6.07, 6.45) is -0.362. The lowest BCUT2D eigenvalue weighted by molar-refractivity contribution is 0.0235. The van der Waals surface area contributed by atoms with E-state index in [2.05, 4.69) is 5.32 Å². The topological polar surface area (TPSA) is 81.0 Å². The molecule has 0 bridgehead atoms. The van der Waals surface area contributed by atoms with Crippen molar-refractivity contribution in [2.24, 2.45) is 0 Å². The Balaban J connectivity index is 2.49. The second kappa shape index (κ2) is 8.19. The van der Waals surface area contributed by atoms with Crippen molar-refractivity contribution in [1.82, 2.24) is 10.2 Å². The van der Waals surface area contributed by atoms with Crippen molar-refractivity contribution in [3.63, 3.8) is 0 Å². The molecule has 0 aliphatic carbocycles. The van der Waals surface area contributed by atoms with E-state index in [9.17, 15) is 9.59 Å². The maximum atomic E-state index is 12.0. The third-order valence-electron chi connectivity index (χ3n) is 3.46. The highest BCUT2D eigenvalue weighted by molar-refractivity contribution is 5.90. The van der Waals surface area contributed by atoms with E-state index < -0.39 is 11.6 Å². The van der Waals surface area contributed by atoms with Crippen molar-refractivity contribution < 1.29 is 23.5 Å². The van der Waals surface area contributed by atoms with Crippen LogP contribution >= 0.6 is 0 Å². The Labute approximate surface area is 143 Å². The number of rotatable bonds is 6.